The molecule has 0 amide bonds. The van der Waals surface area contributed by atoms with Crippen LogP contribution >= 0.6 is 11.8 Å². The fourth-order valence-corrected chi connectivity index (χ4v) is 1.76. The number of benzene rings is 1. The smallest absolute Gasteiger partial charge is 0.328 e. The number of hydrogen-bond donors (Lipinski definition) is 2. The molecule has 0 saturated carbocycles. The van der Waals surface area contributed by atoms with E-state index in [1.54, 1.807) is 23.9 Å². The Bertz CT molecular complexity index is 346. The van der Waals surface area contributed by atoms with Crippen molar-refractivity contribution < 1.29 is 9.90 Å². The minimum Gasteiger partial charge on any atom is -0.480 e. The second-order valence-electron chi connectivity index (χ2n) is 3.64. The van der Waals surface area contributed by atoms with Gasteiger partial charge in [0.25, 0.3) is 0 Å². The van der Waals surface area contributed by atoms with E-state index in [0.717, 1.165) is 5.75 Å². The van der Waals surface area contributed by atoms with E-state index >= 15 is 0 Å². The molecule has 3 N–H and O–H groups in total. The van der Waals surface area contributed by atoms with Crippen molar-refractivity contribution in [1.82, 2.24) is 0 Å². The highest BCUT2D eigenvalue weighted by atomic mass is 32.2. The molecule has 1 unspecified atom stereocenters. The lowest BCUT2D eigenvalue weighted by atomic mass is 9.93. The summed E-state index contributed by atoms with van der Waals surface area (Å²) < 4.78 is 0. The molecule has 1 aromatic carbocycles. The van der Waals surface area contributed by atoms with E-state index in [2.05, 4.69) is 0 Å². The first-order chi connectivity index (χ1) is 6.98. The first-order valence-electron chi connectivity index (χ1n) is 4.59. The summed E-state index contributed by atoms with van der Waals surface area (Å²) in [5.74, 6) is -0.0885. The minimum absolute atomic E-state index is 0.625. The summed E-state index contributed by atoms with van der Waals surface area (Å²) in [6.45, 7) is 1.50. The second kappa shape index (κ2) is 4.68. The molecule has 0 saturated heterocycles. The van der Waals surface area contributed by atoms with Crippen molar-refractivity contribution in [3.05, 3.63) is 35.4 Å². The lowest BCUT2D eigenvalue weighted by Gasteiger charge is -2.19. The molecule has 82 valence electrons. The summed E-state index contributed by atoms with van der Waals surface area (Å²) in [7, 11) is 0. The molecule has 0 radical (unpaired) electrons. The fraction of sp³-hybridized carbons (Fsp3) is 0.364. The molecular formula is C11H15NO2S. The number of carboxylic acid groups (broad SMARTS) is 1. The van der Waals surface area contributed by atoms with Crippen molar-refractivity contribution in [3.63, 3.8) is 0 Å². The number of nitrogens with two attached hydrogens (primary N) is 1. The summed E-state index contributed by atoms with van der Waals surface area (Å²) in [6, 6.07) is 7.39. The van der Waals surface area contributed by atoms with Crippen LogP contribution in [0.5, 0.6) is 0 Å². The van der Waals surface area contributed by atoms with Crippen LogP contribution in [-0.4, -0.2) is 17.3 Å². The summed E-state index contributed by atoms with van der Waals surface area (Å²) in [5, 5.41) is 8.94. The highest BCUT2D eigenvalue weighted by molar-refractivity contribution is 7.97. The van der Waals surface area contributed by atoms with Gasteiger partial charge in [0.15, 0.2) is 0 Å². The van der Waals surface area contributed by atoms with E-state index < -0.39 is 11.5 Å². The number of carbonyl (C=O) groups is 1. The maximum Gasteiger partial charge on any atom is 0.328 e. The molecule has 0 aromatic heterocycles. The van der Waals surface area contributed by atoms with Gasteiger partial charge in [-0.15, -0.1) is 0 Å². The summed E-state index contributed by atoms with van der Waals surface area (Å²) in [5.41, 5.74) is 6.19. The van der Waals surface area contributed by atoms with Crippen LogP contribution in [0.1, 0.15) is 18.1 Å². The van der Waals surface area contributed by atoms with Gasteiger partial charge in [0.05, 0.1) is 0 Å². The topological polar surface area (TPSA) is 63.3 Å². The summed E-state index contributed by atoms with van der Waals surface area (Å²) in [4.78, 5) is 10.9. The number of rotatable bonds is 4. The fourth-order valence-electron chi connectivity index (χ4n) is 1.24. The molecule has 0 fully saturated rings. The van der Waals surface area contributed by atoms with Crippen LogP contribution in [0.2, 0.25) is 0 Å². The van der Waals surface area contributed by atoms with Gasteiger partial charge in [-0.25, -0.2) is 4.79 Å². The van der Waals surface area contributed by atoms with Crippen molar-refractivity contribution in [1.29, 1.82) is 0 Å². The van der Waals surface area contributed by atoms with E-state index in [9.17, 15) is 4.79 Å². The highest BCUT2D eigenvalue weighted by Gasteiger charge is 2.29. The zero-order chi connectivity index (χ0) is 11.5. The Morgan fingerprint density at radius 1 is 1.47 bits per heavy atom. The Labute approximate surface area is 93.7 Å². The van der Waals surface area contributed by atoms with E-state index in [0.29, 0.717) is 5.56 Å². The lowest BCUT2D eigenvalue weighted by Crippen LogP contribution is -2.41. The van der Waals surface area contributed by atoms with Crippen LogP contribution in [0.15, 0.2) is 24.3 Å². The number of carboxylic acids is 1. The normalized spacial score (nSPS) is 14.6. The van der Waals surface area contributed by atoms with Gasteiger partial charge in [-0.05, 0) is 24.3 Å². The highest BCUT2D eigenvalue weighted by Crippen LogP contribution is 2.19. The predicted octanol–water partition coefficient (Wildman–Crippen LogP) is 1.81. The third-order valence-corrected chi connectivity index (χ3v) is 2.93. The number of hydrogen-bond acceptors (Lipinski definition) is 3. The van der Waals surface area contributed by atoms with E-state index in [1.807, 2.05) is 18.4 Å². The Morgan fingerprint density at radius 3 is 2.40 bits per heavy atom. The van der Waals surface area contributed by atoms with Gasteiger partial charge >= 0.3 is 5.97 Å². The molecule has 0 aliphatic carbocycles. The predicted molar refractivity (Wildman–Crippen MR) is 62.8 cm³/mol. The zero-order valence-electron chi connectivity index (χ0n) is 8.86. The second-order valence-corrected chi connectivity index (χ2v) is 4.50. The minimum atomic E-state index is -1.31. The Morgan fingerprint density at radius 2 is 2.00 bits per heavy atom. The molecule has 1 rings (SSSR count). The van der Waals surface area contributed by atoms with Crippen LogP contribution in [0.25, 0.3) is 0 Å². The van der Waals surface area contributed by atoms with Gasteiger partial charge in [0.1, 0.15) is 5.54 Å². The maximum absolute atomic E-state index is 10.9. The zero-order valence-corrected chi connectivity index (χ0v) is 9.67. The van der Waals surface area contributed by atoms with Gasteiger partial charge in [-0.1, -0.05) is 24.3 Å². The van der Waals surface area contributed by atoms with Crippen LogP contribution in [-0.2, 0) is 16.1 Å². The molecule has 4 heteroatoms. The molecule has 1 aromatic rings. The van der Waals surface area contributed by atoms with Gasteiger partial charge in [0.2, 0.25) is 0 Å². The Balaban J connectivity index is 2.93. The standard InChI is InChI=1S/C11H15NO2S/c1-11(12,10(13)14)9-5-3-8(4-6-9)7-15-2/h3-6H,7,12H2,1-2H3,(H,13,14). The lowest BCUT2D eigenvalue weighted by molar-refractivity contribution is -0.143. The van der Waals surface area contributed by atoms with Crippen molar-refractivity contribution >= 4 is 17.7 Å². The molecule has 0 bridgehead atoms. The van der Waals surface area contributed by atoms with Crippen molar-refractivity contribution in [2.45, 2.75) is 18.2 Å². The van der Waals surface area contributed by atoms with Gasteiger partial charge in [-0.3, -0.25) is 0 Å². The molecule has 15 heavy (non-hydrogen) atoms. The monoisotopic (exact) mass is 225 g/mol. The average Bonchev–Trinajstić information content (AvgIpc) is 2.19. The van der Waals surface area contributed by atoms with Crippen LogP contribution in [0, 0.1) is 0 Å². The van der Waals surface area contributed by atoms with Gasteiger partial charge in [0, 0.05) is 5.75 Å². The molecule has 0 aliphatic rings. The molecule has 0 spiro atoms. The maximum atomic E-state index is 10.9. The van der Waals surface area contributed by atoms with Crippen LogP contribution < -0.4 is 5.73 Å². The molecular weight excluding hydrogens is 210 g/mol. The molecule has 0 heterocycles. The van der Waals surface area contributed by atoms with Crippen molar-refractivity contribution in [2.24, 2.45) is 5.73 Å². The first-order valence-corrected chi connectivity index (χ1v) is 5.98. The summed E-state index contributed by atoms with van der Waals surface area (Å²) in [6.07, 6.45) is 2.03. The van der Waals surface area contributed by atoms with Crippen LogP contribution in [0.3, 0.4) is 0 Å². The molecule has 0 aliphatic heterocycles. The van der Waals surface area contributed by atoms with Crippen LogP contribution in [0.4, 0.5) is 0 Å². The van der Waals surface area contributed by atoms with E-state index in [1.165, 1.54) is 12.5 Å². The Kier molecular flexibility index (Phi) is 3.77. The third-order valence-electron chi connectivity index (χ3n) is 2.31. The average molecular weight is 225 g/mol. The van der Waals surface area contributed by atoms with Crippen molar-refractivity contribution in [2.75, 3.05) is 6.26 Å². The molecule has 1 atom stereocenters. The first kappa shape index (κ1) is 12.1. The van der Waals surface area contributed by atoms with Crippen molar-refractivity contribution in [3.8, 4) is 0 Å². The largest absolute Gasteiger partial charge is 0.480 e. The summed E-state index contributed by atoms with van der Waals surface area (Å²) >= 11 is 1.73. The van der Waals surface area contributed by atoms with Gasteiger partial charge < -0.3 is 10.8 Å². The van der Waals surface area contributed by atoms with Gasteiger partial charge in [-0.2, -0.15) is 11.8 Å². The number of thioether (sulfide) groups is 1. The quantitative estimate of drug-likeness (QED) is 0.820. The SMILES string of the molecule is CSCc1ccc(C(C)(N)C(=O)O)cc1. The van der Waals surface area contributed by atoms with E-state index in [4.69, 9.17) is 10.8 Å². The number of aliphatic carboxylic acids is 1. The Hall–Kier alpha value is -1.00. The molecule has 3 nitrogen and oxygen atoms in total. The van der Waals surface area contributed by atoms with E-state index in [-0.39, 0.29) is 0 Å². The third kappa shape index (κ3) is 2.73.